The predicted molar refractivity (Wildman–Crippen MR) is 77.0 cm³/mol. The number of thioether (sulfide) groups is 1. The van der Waals surface area contributed by atoms with Crippen molar-refractivity contribution >= 4 is 28.9 Å². The highest BCUT2D eigenvalue weighted by molar-refractivity contribution is 7.99. The van der Waals surface area contributed by atoms with Gasteiger partial charge >= 0.3 is 0 Å². The fraction of sp³-hybridized carbons (Fsp3) is 0.538. The third-order valence-electron chi connectivity index (χ3n) is 3.65. The molecule has 4 heterocycles. The van der Waals surface area contributed by atoms with Crippen LogP contribution in [0.25, 0.3) is 5.52 Å². The molecule has 5 nitrogen and oxygen atoms in total. The molecule has 2 saturated heterocycles. The molecule has 2 fully saturated rings. The zero-order valence-electron chi connectivity index (χ0n) is 11.1. The second kappa shape index (κ2) is 4.34. The highest BCUT2D eigenvalue weighted by Crippen LogP contribution is 2.48. The summed E-state index contributed by atoms with van der Waals surface area (Å²) in [5, 5.41) is 0.623. The molecule has 0 spiro atoms. The summed E-state index contributed by atoms with van der Waals surface area (Å²) in [5.41, 5.74) is 0.825. The molecular formula is C13H14ClN3O2S. The van der Waals surface area contributed by atoms with Gasteiger partial charge in [0.05, 0.1) is 17.6 Å². The summed E-state index contributed by atoms with van der Waals surface area (Å²) in [7, 11) is 0. The van der Waals surface area contributed by atoms with Crippen molar-refractivity contribution in [2.75, 3.05) is 5.75 Å². The van der Waals surface area contributed by atoms with E-state index < -0.39 is 5.79 Å². The minimum absolute atomic E-state index is 0.0348. The summed E-state index contributed by atoms with van der Waals surface area (Å²) in [4.78, 5) is 8.61. The van der Waals surface area contributed by atoms with E-state index >= 15 is 0 Å². The van der Waals surface area contributed by atoms with E-state index in [1.165, 1.54) is 0 Å². The first-order valence-electron chi connectivity index (χ1n) is 6.50. The Bertz CT molecular complexity index is 675. The molecule has 2 aromatic rings. The van der Waals surface area contributed by atoms with Crippen LogP contribution >= 0.6 is 23.4 Å². The number of rotatable bonds is 1. The third-order valence-corrected chi connectivity index (χ3v) is 5.31. The van der Waals surface area contributed by atoms with Crippen LogP contribution in [0.4, 0.5) is 0 Å². The Morgan fingerprint density at radius 1 is 1.40 bits per heavy atom. The summed E-state index contributed by atoms with van der Waals surface area (Å²) in [6.45, 7) is 3.91. The van der Waals surface area contributed by atoms with Crippen LogP contribution in [0.2, 0.25) is 5.15 Å². The largest absolute Gasteiger partial charge is 0.344 e. The molecule has 0 bridgehead atoms. The van der Waals surface area contributed by atoms with Gasteiger partial charge in [-0.2, -0.15) is 0 Å². The molecule has 0 aromatic carbocycles. The zero-order valence-corrected chi connectivity index (χ0v) is 12.7. The first kappa shape index (κ1) is 12.9. The van der Waals surface area contributed by atoms with Crippen LogP contribution < -0.4 is 0 Å². The molecule has 2 aliphatic heterocycles. The molecule has 0 N–H and O–H groups in total. The minimum atomic E-state index is -0.513. The molecule has 2 aromatic heterocycles. The van der Waals surface area contributed by atoms with Crippen molar-refractivity contribution in [2.45, 2.75) is 37.1 Å². The van der Waals surface area contributed by atoms with Gasteiger partial charge in [-0.05, 0) is 13.8 Å². The second-order valence-corrected chi connectivity index (χ2v) is 7.01. The smallest absolute Gasteiger partial charge is 0.163 e. The maximum Gasteiger partial charge on any atom is 0.163 e. The van der Waals surface area contributed by atoms with Crippen molar-refractivity contribution < 1.29 is 9.47 Å². The number of hydrogen-bond acceptors (Lipinski definition) is 5. The molecule has 0 aliphatic carbocycles. The Kier molecular flexibility index (Phi) is 2.79. The fourth-order valence-electron chi connectivity index (χ4n) is 2.89. The zero-order chi connectivity index (χ0) is 13.9. The fourth-order valence-corrected chi connectivity index (χ4v) is 4.48. The summed E-state index contributed by atoms with van der Waals surface area (Å²) >= 11 is 7.92. The van der Waals surface area contributed by atoms with Gasteiger partial charge in [-0.15, -0.1) is 11.8 Å². The van der Waals surface area contributed by atoms with Crippen LogP contribution in [0.1, 0.15) is 24.9 Å². The Morgan fingerprint density at radius 3 is 3.10 bits per heavy atom. The van der Waals surface area contributed by atoms with Gasteiger partial charge in [0.1, 0.15) is 17.4 Å². The van der Waals surface area contributed by atoms with Gasteiger partial charge in [0.25, 0.3) is 0 Å². The highest BCUT2D eigenvalue weighted by Gasteiger charge is 2.51. The van der Waals surface area contributed by atoms with Gasteiger partial charge < -0.3 is 9.47 Å². The van der Waals surface area contributed by atoms with Gasteiger partial charge in [-0.3, -0.25) is 4.40 Å². The van der Waals surface area contributed by atoms with Crippen molar-refractivity contribution in [3.8, 4) is 0 Å². The van der Waals surface area contributed by atoms with Crippen molar-refractivity contribution in [1.29, 1.82) is 0 Å². The molecule has 4 rings (SSSR count). The predicted octanol–water partition coefficient (Wildman–Crippen LogP) is 2.69. The monoisotopic (exact) mass is 311 g/mol. The Balaban J connectivity index is 1.75. The molecule has 0 saturated carbocycles. The normalized spacial score (nSPS) is 31.9. The van der Waals surface area contributed by atoms with Crippen LogP contribution in [0.3, 0.4) is 0 Å². The highest BCUT2D eigenvalue weighted by atomic mass is 35.5. The van der Waals surface area contributed by atoms with Crippen molar-refractivity contribution in [2.24, 2.45) is 0 Å². The Morgan fingerprint density at radius 2 is 2.25 bits per heavy atom. The van der Waals surface area contributed by atoms with E-state index in [0.29, 0.717) is 5.15 Å². The van der Waals surface area contributed by atoms with Crippen molar-refractivity contribution in [3.05, 3.63) is 29.6 Å². The first-order chi connectivity index (χ1) is 9.55. The molecule has 0 radical (unpaired) electrons. The minimum Gasteiger partial charge on any atom is -0.344 e. The van der Waals surface area contributed by atoms with Gasteiger partial charge in [0.15, 0.2) is 10.9 Å². The average molecular weight is 312 g/mol. The number of fused-ring (bicyclic) bond motifs is 2. The van der Waals surface area contributed by atoms with E-state index in [1.54, 1.807) is 12.4 Å². The molecule has 1 unspecified atom stereocenters. The van der Waals surface area contributed by atoms with Gasteiger partial charge in [-0.1, -0.05) is 11.6 Å². The lowest BCUT2D eigenvalue weighted by Crippen LogP contribution is -2.24. The summed E-state index contributed by atoms with van der Waals surface area (Å²) in [6, 6.07) is 0. The topological polar surface area (TPSA) is 48.7 Å². The van der Waals surface area contributed by atoms with E-state index in [1.807, 2.05) is 36.2 Å². The van der Waals surface area contributed by atoms with E-state index in [0.717, 1.165) is 17.1 Å². The number of nitrogens with zero attached hydrogens (tertiary/aromatic N) is 3. The van der Waals surface area contributed by atoms with Crippen LogP contribution in [-0.4, -0.2) is 38.1 Å². The number of halogens is 1. The van der Waals surface area contributed by atoms with Gasteiger partial charge in [0, 0.05) is 18.1 Å². The SMILES string of the molecule is CC1(C)OC2CS[C@@H](c3ncc4c(Cl)nccn34)[C@H]2O1. The number of aromatic nitrogens is 3. The molecule has 2 aliphatic rings. The number of imidazole rings is 1. The molecule has 106 valence electrons. The number of hydrogen-bond donors (Lipinski definition) is 0. The lowest BCUT2D eigenvalue weighted by Gasteiger charge is -2.21. The van der Waals surface area contributed by atoms with Crippen LogP contribution in [0.15, 0.2) is 18.6 Å². The van der Waals surface area contributed by atoms with E-state index in [-0.39, 0.29) is 17.5 Å². The van der Waals surface area contributed by atoms with Crippen LogP contribution in [0, 0.1) is 0 Å². The van der Waals surface area contributed by atoms with E-state index in [2.05, 4.69) is 9.97 Å². The summed E-state index contributed by atoms with van der Waals surface area (Å²) < 4.78 is 14.0. The quantitative estimate of drug-likeness (QED) is 0.810. The lowest BCUT2D eigenvalue weighted by atomic mass is 10.1. The van der Waals surface area contributed by atoms with E-state index in [4.69, 9.17) is 21.1 Å². The van der Waals surface area contributed by atoms with Crippen LogP contribution in [-0.2, 0) is 9.47 Å². The number of ether oxygens (including phenoxy) is 2. The first-order valence-corrected chi connectivity index (χ1v) is 7.92. The Labute approximate surface area is 125 Å². The van der Waals surface area contributed by atoms with Gasteiger partial charge in [-0.25, -0.2) is 9.97 Å². The second-order valence-electron chi connectivity index (χ2n) is 5.48. The summed E-state index contributed by atoms with van der Waals surface area (Å²) in [5.74, 6) is 1.36. The standard InChI is InChI=1S/C13H14ClN3O2S/c1-13(2)18-8-6-20-10(9(8)19-13)12-16-5-7-11(14)15-3-4-17(7)12/h3-5,8-10H,6H2,1-2H3/t8?,9-,10+/m0/s1. The molecule has 0 amide bonds. The van der Waals surface area contributed by atoms with Gasteiger partial charge in [0.2, 0.25) is 0 Å². The maximum atomic E-state index is 6.10. The average Bonchev–Trinajstić information content (AvgIpc) is 3.01. The van der Waals surface area contributed by atoms with Crippen molar-refractivity contribution in [1.82, 2.24) is 14.4 Å². The van der Waals surface area contributed by atoms with Crippen molar-refractivity contribution in [3.63, 3.8) is 0 Å². The molecule has 20 heavy (non-hydrogen) atoms. The summed E-state index contributed by atoms with van der Waals surface area (Å²) in [6.07, 6.45) is 5.50. The van der Waals surface area contributed by atoms with E-state index in [9.17, 15) is 0 Å². The Hall–Kier alpha value is -0.820. The third kappa shape index (κ3) is 1.86. The molecular weight excluding hydrogens is 298 g/mol. The lowest BCUT2D eigenvalue weighted by molar-refractivity contribution is -0.145. The molecule has 3 atom stereocenters. The molecule has 7 heteroatoms. The maximum absolute atomic E-state index is 6.10. The van der Waals surface area contributed by atoms with Crippen LogP contribution in [0.5, 0.6) is 0 Å².